The van der Waals surface area contributed by atoms with Gasteiger partial charge in [-0.05, 0) is 43.7 Å². The van der Waals surface area contributed by atoms with Crippen LogP contribution in [-0.2, 0) is 4.74 Å². The standard InChI is InChI=1S/C13H28N2OS/c1-3-17-8-6-13(9-14)15(2)10-12-5-4-7-16-11-12/h12-13H,3-11,14H2,1-2H3. The highest BCUT2D eigenvalue weighted by molar-refractivity contribution is 7.99. The minimum Gasteiger partial charge on any atom is -0.381 e. The van der Waals surface area contributed by atoms with Gasteiger partial charge in [-0.15, -0.1) is 0 Å². The molecule has 1 fully saturated rings. The van der Waals surface area contributed by atoms with Crippen LogP contribution in [0.4, 0.5) is 0 Å². The lowest BCUT2D eigenvalue weighted by Crippen LogP contribution is -2.42. The van der Waals surface area contributed by atoms with Gasteiger partial charge in [0.25, 0.3) is 0 Å². The second-order valence-electron chi connectivity index (χ2n) is 4.90. The second kappa shape index (κ2) is 9.20. The van der Waals surface area contributed by atoms with E-state index in [0.717, 1.165) is 26.3 Å². The number of thioether (sulfide) groups is 1. The first-order chi connectivity index (χ1) is 8.27. The predicted octanol–water partition coefficient (Wildman–Crippen LogP) is 1.82. The zero-order chi connectivity index (χ0) is 12.5. The van der Waals surface area contributed by atoms with Gasteiger partial charge in [0, 0.05) is 25.7 Å². The molecule has 0 radical (unpaired) electrons. The summed E-state index contributed by atoms with van der Waals surface area (Å²) < 4.78 is 5.53. The summed E-state index contributed by atoms with van der Waals surface area (Å²) in [5.74, 6) is 3.14. The monoisotopic (exact) mass is 260 g/mol. The maximum atomic E-state index is 5.88. The fourth-order valence-electron chi connectivity index (χ4n) is 2.39. The lowest BCUT2D eigenvalue weighted by atomic mass is 10.0. The topological polar surface area (TPSA) is 38.5 Å². The minimum absolute atomic E-state index is 0.538. The van der Waals surface area contributed by atoms with Crippen molar-refractivity contribution < 1.29 is 4.74 Å². The van der Waals surface area contributed by atoms with Crippen molar-refractivity contribution in [3.05, 3.63) is 0 Å². The lowest BCUT2D eigenvalue weighted by Gasteiger charge is -2.32. The van der Waals surface area contributed by atoms with Crippen molar-refractivity contribution in [1.82, 2.24) is 4.90 Å². The number of nitrogens with zero attached hydrogens (tertiary/aromatic N) is 1. The third-order valence-corrected chi connectivity index (χ3v) is 4.43. The first-order valence-electron chi connectivity index (χ1n) is 6.83. The molecule has 2 atom stereocenters. The van der Waals surface area contributed by atoms with E-state index in [9.17, 15) is 0 Å². The van der Waals surface area contributed by atoms with Gasteiger partial charge < -0.3 is 15.4 Å². The van der Waals surface area contributed by atoms with Crippen molar-refractivity contribution in [3.8, 4) is 0 Å². The van der Waals surface area contributed by atoms with Crippen LogP contribution in [0.2, 0.25) is 0 Å². The SMILES string of the molecule is CCSCCC(CN)N(C)CC1CCCOC1. The normalized spacial score (nSPS) is 22.9. The minimum atomic E-state index is 0.538. The fraction of sp³-hybridized carbons (Fsp3) is 1.00. The summed E-state index contributed by atoms with van der Waals surface area (Å²) in [6.07, 6.45) is 3.74. The van der Waals surface area contributed by atoms with Gasteiger partial charge in [0.05, 0.1) is 6.61 Å². The Kier molecular flexibility index (Phi) is 8.27. The average Bonchev–Trinajstić information content (AvgIpc) is 2.36. The van der Waals surface area contributed by atoms with Crippen molar-refractivity contribution in [2.45, 2.75) is 32.2 Å². The van der Waals surface area contributed by atoms with Gasteiger partial charge in [-0.2, -0.15) is 11.8 Å². The van der Waals surface area contributed by atoms with Gasteiger partial charge in [0.2, 0.25) is 0 Å². The Bertz CT molecular complexity index is 186. The van der Waals surface area contributed by atoms with Gasteiger partial charge in [0.1, 0.15) is 0 Å². The summed E-state index contributed by atoms with van der Waals surface area (Å²) in [6.45, 7) is 6.01. The van der Waals surface area contributed by atoms with Crippen molar-refractivity contribution in [2.24, 2.45) is 11.7 Å². The summed E-state index contributed by atoms with van der Waals surface area (Å²) in [5, 5.41) is 0. The Morgan fingerprint density at radius 3 is 2.94 bits per heavy atom. The van der Waals surface area contributed by atoms with Gasteiger partial charge >= 0.3 is 0 Å². The van der Waals surface area contributed by atoms with Crippen LogP contribution < -0.4 is 5.73 Å². The number of nitrogens with two attached hydrogens (primary N) is 1. The molecule has 0 saturated carbocycles. The van der Waals surface area contributed by atoms with E-state index in [1.807, 2.05) is 11.8 Å². The molecule has 0 aromatic heterocycles. The summed E-state index contributed by atoms with van der Waals surface area (Å²) >= 11 is 2.01. The zero-order valence-corrected chi connectivity index (χ0v) is 12.2. The highest BCUT2D eigenvalue weighted by Gasteiger charge is 2.19. The van der Waals surface area contributed by atoms with E-state index in [1.54, 1.807) is 0 Å². The molecule has 1 rings (SSSR count). The summed E-state index contributed by atoms with van der Waals surface area (Å²) in [4.78, 5) is 2.44. The molecule has 17 heavy (non-hydrogen) atoms. The van der Waals surface area contributed by atoms with E-state index in [-0.39, 0.29) is 0 Å². The molecular weight excluding hydrogens is 232 g/mol. The van der Waals surface area contributed by atoms with Crippen LogP contribution in [0.3, 0.4) is 0 Å². The Balaban J connectivity index is 2.23. The molecule has 102 valence electrons. The quantitative estimate of drug-likeness (QED) is 0.676. The third kappa shape index (κ3) is 6.09. The van der Waals surface area contributed by atoms with Crippen LogP contribution in [0.15, 0.2) is 0 Å². The van der Waals surface area contributed by atoms with Gasteiger partial charge in [0.15, 0.2) is 0 Å². The Labute approximate surface area is 110 Å². The molecule has 2 N–H and O–H groups in total. The fourth-order valence-corrected chi connectivity index (χ4v) is 3.12. The van der Waals surface area contributed by atoms with Gasteiger partial charge in [-0.25, -0.2) is 0 Å². The number of likely N-dealkylation sites (N-methyl/N-ethyl adjacent to an activating group) is 1. The zero-order valence-electron chi connectivity index (χ0n) is 11.4. The number of rotatable bonds is 8. The molecule has 0 aromatic carbocycles. The number of ether oxygens (including phenoxy) is 1. The van der Waals surface area contributed by atoms with E-state index in [2.05, 4.69) is 18.9 Å². The summed E-state index contributed by atoms with van der Waals surface area (Å²) in [5.41, 5.74) is 5.88. The van der Waals surface area contributed by atoms with Crippen molar-refractivity contribution in [3.63, 3.8) is 0 Å². The predicted molar refractivity (Wildman–Crippen MR) is 76.6 cm³/mol. The highest BCUT2D eigenvalue weighted by Crippen LogP contribution is 2.16. The molecular formula is C13H28N2OS. The van der Waals surface area contributed by atoms with E-state index >= 15 is 0 Å². The van der Waals surface area contributed by atoms with Gasteiger partial charge in [-0.3, -0.25) is 0 Å². The maximum Gasteiger partial charge on any atom is 0.0506 e. The second-order valence-corrected chi connectivity index (χ2v) is 6.29. The van der Waals surface area contributed by atoms with Crippen molar-refractivity contribution in [2.75, 3.05) is 44.9 Å². The van der Waals surface area contributed by atoms with E-state index < -0.39 is 0 Å². The molecule has 0 amide bonds. The van der Waals surface area contributed by atoms with Crippen molar-refractivity contribution >= 4 is 11.8 Å². The number of hydrogen-bond acceptors (Lipinski definition) is 4. The summed E-state index contributed by atoms with van der Waals surface area (Å²) in [6, 6.07) is 0.538. The molecule has 3 nitrogen and oxygen atoms in total. The van der Waals surface area contributed by atoms with Crippen LogP contribution in [0.25, 0.3) is 0 Å². The molecule has 0 aromatic rings. The van der Waals surface area contributed by atoms with E-state index in [4.69, 9.17) is 10.5 Å². The molecule has 4 heteroatoms. The molecule has 0 aliphatic carbocycles. The number of hydrogen-bond donors (Lipinski definition) is 1. The Morgan fingerprint density at radius 1 is 1.53 bits per heavy atom. The molecule has 1 aliphatic heterocycles. The Morgan fingerprint density at radius 2 is 2.35 bits per heavy atom. The first-order valence-corrected chi connectivity index (χ1v) is 7.99. The van der Waals surface area contributed by atoms with Crippen LogP contribution in [0.1, 0.15) is 26.2 Å². The van der Waals surface area contributed by atoms with E-state index in [1.165, 1.54) is 30.8 Å². The van der Waals surface area contributed by atoms with E-state index in [0.29, 0.717) is 12.0 Å². The average molecular weight is 260 g/mol. The molecule has 1 saturated heterocycles. The molecule has 0 bridgehead atoms. The van der Waals surface area contributed by atoms with Gasteiger partial charge in [-0.1, -0.05) is 6.92 Å². The largest absolute Gasteiger partial charge is 0.381 e. The molecule has 1 heterocycles. The van der Waals surface area contributed by atoms with Crippen LogP contribution in [0, 0.1) is 5.92 Å². The van der Waals surface area contributed by atoms with Crippen LogP contribution in [-0.4, -0.2) is 55.8 Å². The third-order valence-electron chi connectivity index (χ3n) is 3.50. The maximum absolute atomic E-state index is 5.88. The molecule has 2 unspecified atom stereocenters. The van der Waals surface area contributed by atoms with Crippen molar-refractivity contribution in [1.29, 1.82) is 0 Å². The smallest absolute Gasteiger partial charge is 0.0506 e. The summed E-state index contributed by atoms with van der Waals surface area (Å²) in [7, 11) is 2.21. The Hall–Kier alpha value is 0.230. The molecule has 0 spiro atoms. The van der Waals surface area contributed by atoms with Crippen LogP contribution in [0.5, 0.6) is 0 Å². The lowest BCUT2D eigenvalue weighted by molar-refractivity contribution is 0.0365. The highest BCUT2D eigenvalue weighted by atomic mass is 32.2. The van der Waals surface area contributed by atoms with Crippen LogP contribution >= 0.6 is 11.8 Å². The first kappa shape index (κ1) is 15.3. The molecule has 1 aliphatic rings.